The summed E-state index contributed by atoms with van der Waals surface area (Å²) in [6.45, 7) is 2.24. The van der Waals surface area contributed by atoms with Gasteiger partial charge in [-0.3, -0.25) is 4.90 Å². The molecular formula is C18H29NO2. The Kier molecular flexibility index (Phi) is 6.07. The summed E-state index contributed by atoms with van der Waals surface area (Å²) in [4.78, 5) is 2.36. The Morgan fingerprint density at radius 3 is 2.71 bits per heavy atom. The van der Waals surface area contributed by atoms with Gasteiger partial charge in [-0.2, -0.15) is 0 Å². The van der Waals surface area contributed by atoms with Gasteiger partial charge in [-0.1, -0.05) is 37.5 Å². The van der Waals surface area contributed by atoms with Crippen molar-refractivity contribution in [3.63, 3.8) is 0 Å². The minimum atomic E-state index is -0.183. The highest BCUT2D eigenvalue weighted by atomic mass is 16.5. The molecule has 2 rings (SSSR count). The molecule has 0 aliphatic heterocycles. The monoisotopic (exact) mass is 291 g/mol. The number of likely N-dealkylation sites (N-methyl/N-ethyl adjacent to an activating group) is 1. The van der Waals surface area contributed by atoms with E-state index in [2.05, 4.69) is 31.0 Å². The van der Waals surface area contributed by atoms with Crippen molar-refractivity contribution in [1.29, 1.82) is 0 Å². The lowest BCUT2D eigenvalue weighted by Gasteiger charge is -2.35. The first-order valence-electron chi connectivity index (χ1n) is 8.15. The highest BCUT2D eigenvalue weighted by Gasteiger charge is 2.28. The molecule has 3 unspecified atom stereocenters. The van der Waals surface area contributed by atoms with Crippen LogP contribution in [0.1, 0.15) is 44.6 Å². The van der Waals surface area contributed by atoms with Gasteiger partial charge in [-0.25, -0.2) is 0 Å². The number of hydrogen-bond acceptors (Lipinski definition) is 3. The molecule has 3 atom stereocenters. The second-order valence-corrected chi connectivity index (χ2v) is 6.30. The van der Waals surface area contributed by atoms with E-state index in [1.54, 1.807) is 7.11 Å². The van der Waals surface area contributed by atoms with Crippen LogP contribution in [0.25, 0.3) is 0 Å². The molecule has 0 radical (unpaired) electrons. The van der Waals surface area contributed by atoms with E-state index in [9.17, 15) is 5.11 Å². The van der Waals surface area contributed by atoms with Crippen molar-refractivity contribution in [2.24, 2.45) is 0 Å². The normalized spacial score (nSPS) is 24.6. The zero-order valence-corrected chi connectivity index (χ0v) is 13.6. The molecule has 1 aliphatic rings. The smallest absolute Gasteiger partial charge is 0.122 e. The van der Waals surface area contributed by atoms with Crippen LogP contribution >= 0.6 is 0 Å². The van der Waals surface area contributed by atoms with E-state index in [1.165, 1.54) is 18.4 Å². The van der Waals surface area contributed by atoms with E-state index in [1.807, 2.05) is 12.1 Å². The van der Waals surface area contributed by atoms with Gasteiger partial charge in [-0.15, -0.1) is 0 Å². The van der Waals surface area contributed by atoms with E-state index in [4.69, 9.17) is 4.74 Å². The molecule has 1 aliphatic carbocycles. The van der Waals surface area contributed by atoms with E-state index in [0.29, 0.717) is 6.04 Å². The van der Waals surface area contributed by atoms with Crippen LogP contribution in [0, 0.1) is 0 Å². The summed E-state index contributed by atoms with van der Waals surface area (Å²) >= 11 is 0. The molecule has 1 fully saturated rings. The van der Waals surface area contributed by atoms with Crippen LogP contribution in [0.3, 0.4) is 0 Å². The molecule has 21 heavy (non-hydrogen) atoms. The molecule has 1 aromatic carbocycles. The first-order valence-corrected chi connectivity index (χ1v) is 8.15. The molecule has 0 saturated heterocycles. The zero-order valence-electron chi connectivity index (χ0n) is 13.6. The quantitative estimate of drug-likeness (QED) is 0.845. The summed E-state index contributed by atoms with van der Waals surface area (Å²) in [5, 5.41) is 10.4. The molecule has 0 aromatic heterocycles. The first kappa shape index (κ1) is 16.3. The van der Waals surface area contributed by atoms with Gasteiger partial charge in [0.05, 0.1) is 13.2 Å². The van der Waals surface area contributed by atoms with Crippen LogP contribution < -0.4 is 4.74 Å². The van der Waals surface area contributed by atoms with Gasteiger partial charge in [0.25, 0.3) is 0 Å². The molecule has 3 heteroatoms. The van der Waals surface area contributed by atoms with E-state index < -0.39 is 0 Å². The summed E-state index contributed by atoms with van der Waals surface area (Å²) in [6, 6.07) is 8.89. The Hall–Kier alpha value is -1.06. The van der Waals surface area contributed by atoms with Crippen LogP contribution in [-0.4, -0.2) is 42.4 Å². The van der Waals surface area contributed by atoms with Crippen molar-refractivity contribution < 1.29 is 9.84 Å². The van der Waals surface area contributed by atoms with Crippen molar-refractivity contribution in [2.45, 2.75) is 63.6 Å². The number of ether oxygens (including phenoxy) is 1. The Labute approximate surface area is 128 Å². The van der Waals surface area contributed by atoms with Gasteiger partial charge in [-0.05, 0) is 44.9 Å². The maximum atomic E-state index is 10.4. The minimum Gasteiger partial charge on any atom is -0.496 e. The van der Waals surface area contributed by atoms with Gasteiger partial charge in [0, 0.05) is 12.1 Å². The number of rotatable bonds is 5. The molecular weight excluding hydrogens is 262 g/mol. The Morgan fingerprint density at radius 1 is 1.24 bits per heavy atom. The van der Waals surface area contributed by atoms with Crippen molar-refractivity contribution in [3.8, 4) is 5.75 Å². The fraction of sp³-hybridized carbons (Fsp3) is 0.667. The predicted molar refractivity (Wildman–Crippen MR) is 86.8 cm³/mol. The number of hydrogen-bond donors (Lipinski definition) is 1. The van der Waals surface area contributed by atoms with Crippen LogP contribution in [0.5, 0.6) is 5.75 Å². The van der Waals surface area contributed by atoms with Crippen LogP contribution in [0.4, 0.5) is 0 Å². The Balaban J connectivity index is 2.02. The largest absolute Gasteiger partial charge is 0.496 e. The second-order valence-electron chi connectivity index (χ2n) is 6.30. The van der Waals surface area contributed by atoms with Crippen molar-refractivity contribution in [1.82, 2.24) is 4.90 Å². The number of benzene rings is 1. The molecule has 1 N–H and O–H groups in total. The lowest BCUT2D eigenvalue weighted by atomic mass is 9.99. The lowest BCUT2D eigenvalue weighted by molar-refractivity contribution is 0.0395. The van der Waals surface area contributed by atoms with Gasteiger partial charge in [0.2, 0.25) is 0 Å². The maximum absolute atomic E-state index is 10.4. The molecule has 3 nitrogen and oxygen atoms in total. The fourth-order valence-corrected chi connectivity index (χ4v) is 3.40. The highest BCUT2D eigenvalue weighted by Crippen LogP contribution is 2.25. The Morgan fingerprint density at radius 2 is 1.95 bits per heavy atom. The molecule has 1 aromatic rings. The number of nitrogens with zero attached hydrogens (tertiary/aromatic N) is 1. The van der Waals surface area contributed by atoms with Crippen LogP contribution in [0.15, 0.2) is 24.3 Å². The molecule has 0 spiro atoms. The van der Waals surface area contributed by atoms with Crippen molar-refractivity contribution >= 4 is 0 Å². The summed E-state index contributed by atoms with van der Waals surface area (Å²) in [5.74, 6) is 0.958. The highest BCUT2D eigenvalue weighted by molar-refractivity contribution is 5.33. The standard InChI is InChI=1S/C18H29NO2/c1-14(13-15-9-7-8-12-18(15)21-3)19(2)16-10-5-4-6-11-17(16)20/h7-9,12,14,16-17,20H,4-6,10-11,13H2,1-3H3. The maximum Gasteiger partial charge on any atom is 0.122 e. The topological polar surface area (TPSA) is 32.7 Å². The summed E-state index contributed by atoms with van der Waals surface area (Å²) in [7, 11) is 3.88. The van der Waals surface area contributed by atoms with Crippen molar-refractivity contribution in [3.05, 3.63) is 29.8 Å². The molecule has 1 saturated carbocycles. The first-order chi connectivity index (χ1) is 10.1. The SMILES string of the molecule is COc1ccccc1CC(C)N(C)C1CCCCCC1O. The molecule has 118 valence electrons. The van der Waals surface area contributed by atoms with E-state index in [0.717, 1.165) is 31.4 Å². The molecule has 0 heterocycles. The number of methoxy groups -OCH3 is 1. The average Bonchev–Trinajstić information content (AvgIpc) is 2.71. The van der Waals surface area contributed by atoms with Gasteiger partial charge in [0.15, 0.2) is 0 Å². The number of para-hydroxylation sites is 1. The fourth-order valence-electron chi connectivity index (χ4n) is 3.40. The van der Waals surface area contributed by atoms with E-state index >= 15 is 0 Å². The lowest BCUT2D eigenvalue weighted by Crippen LogP contribution is -2.46. The zero-order chi connectivity index (χ0) is 15.2. The van der Waals surface area contributed by atoms with Crippen molar-refractivity contribution in [2.75, 3.05) is 14.2 Å². The molecule has 0 bridgehead atoms. The third-order valence-corrected chi connectivity index (χ3v) is 4.87. The minimum absolute atomic E-state index is 0.183. The summed E-state index contributed by atoms with van der Waals surface area (Å²) in [5.41, 5.74) is 1.24. The third-order valence-electron chi connectivity index (χ3n) is 4.87. The van der Waals surface area contributed by atoms with Crippen LogP contribution in [-0.2, 0) is 6.42 Å². The second kappa shape index (κ2) is 7.81. The summed E-state index contributed by atoms with van der Waals surface area (Å²) < 4.78 is 5.44. The van der Waals surface area contributed by atoms with Gasteiger partial charge < -0.3 is 9.84 Å². The van der Waals surface area contributed by atoms with Gasteiger partial charge in [0.1, 0.15) is 5.75 Å². The third kappa shape index (κ3) is 4.21. The predicted octanol–water partition coefficient (Wildman–Crippen LogP) is 3.25. The number of aliphatic hydroxyl groups is 1. The van der Waals surface area contributed by atoms with Crippen LogP contribution in [0.2, 0.25) is 0 Å². The van der Waals surface area contributed by atoms with Gasteiger partial charge >= 0.3 is 0 Å². The Bertz CT molecular complexity index is 435. The summed E-state index contributed by atoms with van der Waals surface area (Å²) in [6.07, 6.45) is 6.45. The number of aliphatic hydroxyl groups excluding tert-OH is 1. The molecule has 0 amide bonds. The average molecular weight is 291 g/mol. The van der Waals surface area contributed by atoms with E-state index in [-0.39, 0.29) is 12.1 Å².